The molecule has 2 heterocycles. The molecule has 0 radical (unpaired) electrons. The molecule has 1 fully saturated rings. The lowest BCUT2D eigenvalue weighted by molar-refractivity contribution is -0.138. The van der Waals surface area contributed by atoms with Gasteiger partial charge in [-0.1, -0.05) is 13.0 Å². The van der Waals surface area contributed by atoms with Crippen molar-refractivity contribution >= 4 is 11.9 Å². The van der Waals surface area contributed by atoms with Gasteiger partial charge in [0.05, 0.1) is 7.11 Å². The third kappa shape index (κ3) is 2.34. The highest BCUT2D eigenvalue weighted by atomic mass is 16.5. The Morgan fingerprint density at radius 2 is 2.41 bits per heavy atom. The SMILES string of the molecule is CCN1CC[C@@H]2NC(=O)C(C(=O)OC)=C[C@H]2C1. The van der Waals surface area contributed by atoms with Crippen LogP contribution in [0.25, 0.3) is 0 Å². The van der Waals surface area contributed by atoms with Gasteiger partial charge in [0.1, 0.15) is 5.57 Å². The largest absolute Gasteiger partial charge is 0.465 e. The average molecular weight is 238 g/mol. The van der Waals surface area contributed by atoms with Crippen molar-refractivity contribution in [3.05, 3.63) is 11.6 Å². The summed E-state index contributed by atoms with van der Waals surface area (Å²) in [5.74, 6) is -0.631. The Labute approximate surface area is 101 Å². The fourth-order valence-corrected chi connectivity index (χ4v) is 2.49. The van der Waals surface area contributed by atoms with Gasteiger partial charge in [0, 0.05) is 25.0 Å². The lowest BCUT2D eigenvalue weighted by Crippen LogP contribution is -2.53. The summed E-state index contributed by atoms with van der Waals surface area (Å²) in [4.78, 5) is 25.5. The Morgan fingerprint density at radius 3 is 3.06 bits per heavy atom. The number of carbonyl (C=O) groups is 2. The van der Waals surface area contributed by atoms with Crippen molar-refractivity contribution in [1.82, 2.24) is 10.2 Å². The molecule has 0 aromatic rings. The van der Waals surface area contributed by atoms with Crippen LogP contribution in [-0.2, 0) is 14.3 Å². The second-order valence-electron chi connectivity index (χ2n) is 4.50. The first-order valence-corrected chi connectivity index (χ1v) is 5.99. The lowest BCUT2D eigenvalue weighted by atomic mass is 9.87. The van der Waals surface area contributed by atoms with E-state index in [2.05, 4.69) is 21.9 Å². The summed E-state index contributed by atoms with van der Waals surface area (Å²) in [6, 6.07) is 0.165. The van der Waals surface area contributed by atoms with Crippen LogP contribution in [0, 0.1) is 5.92 Å². The fraction of sp³-hybridized carbons (Fsp3) is 0.667. The Kier molecular flexibility index (Phi) is 3.47. The van der Waals surface area contributed by atoms with Gasteiger partial charge in [-0.25, -0.2) is 4.79 Å². The number of nitrogens with one attached hydrogen (secondary N) is 1. The summed E-state index contributed by atoms with van der Waals surface area (Å²) in [5.41, 5.74) is 0.145. The third-order valence-corrected chi connectivity index (χ3v) is 3.54. The van der Waals surface area contributed by atoms with Crippen LogP contribution in [0.1, 0.15) is 13.3 Å². The number of hydrogen-bond donors (Lipinski definition) is 1. The first-order valence-electron chi connectivity index (χ1n) is 5.99. The fourth-order valence-electron chi connectivity index (χ4n) is 2.49. The first-order chi connectivity index (χ1) is 8.15. The number of nitrogens with zero attached hydrogens (tertiary/aromatic N) is 1. The van der Waals surface area contributed by atoms with Crippen LogP contribution < -0.4 is 5.32 Å². The van der Waals surface area contributed by atoms with Crippen LogP contribution in [0.15, 0.2) is 11.6 Å². The molecule has 1 N–H and O–H groups in total. The number of hydrogen-bond acceptors (Lipinski definition) is 4. The number of carbonyl (C=O) groups excluding carboxylic acids is 2. The minimum Gasteiger partial charge on any atom is -0.465 e. The maximum atomic E-state index is 11.7. The molecule has 5 heteroatoms. The van der Waals surface area contributed by atoms with Gasteiger partial charge >= 0.3 is 5.97 Å². The normalized spacial score (nSPS) is 29.1. The number of ether oxygens (including phenoxy) is 1. The van der Waals surface area contributed by atoms with Crippen molar-refractivity contribution in [2.75, 3.05) is 26.7 Å². The predicted octanol–water partition coefficient (Wildman–Crippen LogP) is -0.0740. The molecule has 94 valence electrons. The number of piperidine rings is 1. The smallest absolute Gasteiger partial charge is 0.343 e. The molecule has 1 amide bonds. The van der Waals surface area contributed by atoms with Crippen LogP contribution in [0.2, 0.25) is 0 Å². The van der Waals surface area contributed by atoms with Crippen LogP contribution in [0.4, 0.5) is 0 Å². The van der Waals surface area contributed by atoms with E-state index in [0.29, 0.717) is 0 Å². The van der Waals surface area contributed by atoms with Crippen molar-refractivity contribution in [2.24, 2.45) is 5.92 Å². The molecule has 17 heavy (non-hydrogen) atoms. The number of fused-ring (bicyclic) bond motifs is 1. The average Bonchev–Trinajstić information content (AvgIpc) is 2.36. The molecule has 0 spiro atoms. The van der Waals surface area contributed by atoms with Crippen molar-refractivity contribution in [3.8, 4) is 0 Å². The monoisotopic (exact) mass is 238 g/mol. The summed E-state index contributed by atoms with van der Waals surface area (Å²) < 4.78 is 4.61. The number of methoxy groups -OCH3 is 1. The van der Waals surface area contributed by atoms with E-state index < -0.39 is 5.97 Å². The van der Waals surface area contributed by atoms with Crippen molar-refractivity contribution < 1.29 is 14.3 Å². The molecule has 2 aliphatic heterocycles. The van der Waals surface area contributed by atoms with Crippen molar-refractivity contribution in [3.63, 3.8) is 0 Å². The summed E-state index contributed by atoms with van der Waals surface area (Å²) >= 11 is 0. The predicted molar refractivity (Wildman–Crippen MR) is 62.3 cm³/mol. The van der Waals surface area contributed by atoms with Crippen LogP contribution in [-0.4, -0.2) is 49.6 Å². The van der Waals surface area contributed by atoms with E-state index in [0.717, 1.165) is 26.1 Å². The molecule has 0 aromatic carbocycles. The Bertz CT molecular complexity index is 365. The van der Waals surface area contributed by atoms with Crippen molar-refractivity contribution in [2.45, 2.75) is 19.4 Å². The third-order valence-electron chi connectivity index (χ3n) is 3.54. The molecule has 2 rings (SSSR count). The number of rotatable bonds is 2. The second-order valence-corrected chi connectivity index (χ2v) is 4.50. The molecule has 0 aliphatic carbocycles. The Hall–Kier alpha value is -1.36. The van der Waals surface area contributed by atoms with Gasteiger partial charge in [-0.3, -0.25) is 4.79 Å². The summed E-state index contributed by atoms with van der Waals surface area (Å²) in [6.45, 7) is 5.01. The quantitative estimate of drug-likeness (QED) is 0.540. The molecule has 0 unspecified atom stereocenters. The topological polar surface area (TPSA) is 58.6 Å². The van der Waals surface area contributed by atoms with Crippen LogP contribution >= 0.6 is 0 Å². The highest BCUT2D eigenvalue weighted by Gasteiger charge is 2.35. The van der Waals surface area contributed by atoms with Gasteiger partial charge in [-0.15, -0.1) is 0 Å². The van der Waals surface area contributed by atoms with Gasteiger partial charge in [0.15, 0.2) is 0 Å². The van der Waals surface area contributed by atoms with E-state index >= 15 is 0 Å². The van der Waals surface area contributed by atoms with Crippen LogP contribution in [0.5, 0.6) is 0 Å². The maximum absolute atomic E-state index is 11.7. The highest BCUT2D eigenvalue weighted by Crippen LogP contribution is 2.24. The van der Waals surface area contributed by atoms with Gasteiger partial charge in [0.25, 0.3) is 5.91 Å². The van der Waals surface area contributed by atoms with E-state index in [1.807, 2.05) is 0 Å². The maximum Gasteiger partial charge on any atom is 0.343 e. The van der Waals surface area contributed by atoms with Gasteiger partial charge in [0.2, 0.25) is 0 Å². The highest BCUT2D eigenvalue weighted by molar-refractivity contribution is 6.16. The summed E-state index contributed by atoms with van der Waals surface area (Å²) in [7, 11) is 1.29. The van der Waals surface area contributed by atoms with Crippen molar-refractivity contribution in [1.29, 1.82) is 0 Å². The molecule has 0 saturated carbocycles. The Morgan fingerprint density at radius 1 is 1.65 bits per heavy atom. The van der Waals surface area contributed by atoms with Gasteiger partial charge < -0.3 is 15.0 Å². The van der Waals surface area contributed by atoms with Gasteiger partial charge in [-0.2, -0.15) is 0 Å². The zero-order valence-corrected chi connectivity index (χ0v) is 10.2. The minimum absolute atomic E-state index is 0.145. The molecule has 0 aromatic heterocycles. The zero-order valence-electron chi connectivity index (χ0n) is 10.2. The van der Waals surface area contributed by atoms with E-state index in [-0.39, 0.29) is 23.4 Å². The molecule has 0 bridgehead atoms. The zero-order chi connectivity index (χ0) is 12.4. The molecule has 5 nitrogen and oxygen atoms in total. The van der Waals surface area contributed by atoms with Crippen LogP contribution in [0.3, 0.4) is 0 Å². The molecular weight excluding hydrogens is 220 g/mol. The molecule has 2 aliphatic rings. The lowest BCUT2D eigenvalue weighted by Gasteiger charge is -2.39. The van der Waals surface area contributed by atoms with Gasteiger partial charge in [-0.05, 0) is 13.0 Å². The number of likely N-dealkylation sites (tertiary alicyclic amines) is 1. The van der Waals surface area contributed by atoms with E-state index in [4.69, 9.17) is 0 Å². The molecular formula is C12H18N2O3. The van der Waals surface area contributed by atoms with E-state index in [9.17, 15) is 9.59 Å². The standard InChI is InChI=1S/C12H18N2O3/c1-3-14-5-4-10-8(7-14)6-9(11(15)13-10)12(16)17-2/h6,8,10H,3-5,7H2,1-2H3,(H,13,15)/t8-,10-/m0/s1. The minimum atomic E-state index is -0.547. The number of amides is 1. The first kappa shape index (κ1) is 12.1. The molecule has 2 atom stereocenters. The van der Waals surface area contributed by atoms with E-state index in [1.165, 1.54) is 7.11 Å². The molecule has 1 saturated heterocycles. The van der Waals surface area contributed by atoms with E-state index in [1.54, 1.807) is 6.08 Å². The number of esters is 1. The Balaban J connectivity index is 2.17. The second kappa shape index (κ2) is 4.87. The summed E-state index contributed by atoms with van der Waals surface area (Å²) in [5, 5.41) is 2.89. The summed E-state index contributed by atoms with van der Waals surface area (Å²) in [6.07, 6.45) is 2.71.